The zero-order valence-corrected chi connectivity index (χ0v) is 19.5. The second kappa shape index (κ2) is 9.73. The Labute approximate surface area is 189 Å². The Morgan fingerprint density at radius 3 is 2.42 bits per heavy atom. The van der Waals surface area contributed by atoms with Gasteiger partial charge in [-0.05, 0) is 48.6 Å². The van der Waals surface area contributed by atoms with Crippen LogP contribution < -0.4 is 4.74 Å². The molecule has 0 saturated carbocycles. The van der Waals surface area contributed by atoms with Gasteiger partial charge in [-0.2, -0.15) is 0 Å². The largest absolute Gasteiger partial charge is 0.483 e. The highest BCUT2D eigenvalue weighted by molar-refractivity contribution is 6.30. The lowest BCUT2D eigenvalue weighted by atomic mass is 9.85. The van der Waals surface area contributed by atoms with Crippen LogP contribution in [0.25, 0.3) is 0 Å². The molecule has 1 aliphatic heterocycles. The third kappa shape index (κ3) is 6.01. The molecule has 2 aromatic carbocycles. The Hall–Kier alpha value is -2.53. The molecular formula is C25H31ClN2O3. The smallest absolute Gasteiger partial charge is 0.260 e. The van der Waals surface area contributed by atoms with Crippen molar-refractivity contribution in [2.24, 2.45) is 0 Å². The quantitative estimate of drug-likeness (QED) is 0.689. The third-order valence-electron chi connectivity index (χ3n) is 5.50. The van der Waals surface area contributed by atoms with Crippen LogP contribution in [0.4, 0.5) is 0 Å². The molecule has 0 bridgehead atoms. The number of hydrogen-bond acceptors (Lipinski definition) is 3. The van der Waals surface area contributed by atoms with E-state index in [4.69, 9.17) is 16.3 Å². The van der Waals surface area contributed by atoms with Crippen molar-refractivity contribution in [1.82, 2.24) is 9.80 Å². The number of rotatable bonds is 4. The number of nitrogens with zero attached hydrogens (tertiary/aromatic N) is 2. The summed E-state index contributed by atoms with van der Waals surface area (Å²) in [5.74, 6) is 0.638. The summed E-state index contributed by atoms with van der Waals surface area (Å²) in [5, 5.41) is 0.542. The van der Waals surface area contributed by atoms with Gasteiger partial charge in [-0.1, -0.05) is 56.1 Å². The lowest BCUT2D eigenvalue weighted by molar-refractivity contribution is -0.133. The van der Waals surface area contributed by atoms with Crippen molar-refractivity contribution < 1.29 is 14.3 Å². The minimum atomic E-state index is -0.0752. The van der Waals surface area contributed by atoms with Gasteiger partial charge in [0.25, 0.3) is 11.8 Å². The molecular weight excluding hydrogens is 412 g/mol. The second-order valence-corrected chi connectivity index (χ2v) is 9.51. The summed E-state index contributed by atoms with van der Waals surface area (Å²) in [7, 11) is 0. The fourth-order valence-electron chi connectivity index (χ4n) is 3.76. The first-order valence-electron chi connectivity index (χ1n) is 10.7. The summed E-state index contributed by atoms with van der Waals surface area (Å²) in [6.45, 7) is 10.7. The van der Waals surface area contributed by atoms with Crippen LogP contribution in [-0.2, 0) is 10.2 Å². The fourth-order valence-corrected chi connectivity index (χ4v) is 3.95. The molecule has 1 heterocycles. The molecule has 1 saturated heterocycles. The number of carbonyl (C=O) groups is 2. The summed E-state index contributed by atoms with van der Waals surface area (Å²) >= 11 is 6.02. The van der Waals surface area contributed by atoms with E-state index in [0.717, 1.165) is 17.7 Å². The first-order valence-corrected chi connectivity index (χ1v) is 11.1. The molecule has 6 heteroatoms. The summed E-state index contributed by atoms with van der Waals surface area (Å²) in [4.78, 5) is 29.2. The average Bonchev–Trinajstić information content (AvgIpc) is 2.98. The van der Waals surface area contributed by atoms with Crippen LogP contribution in [0, 0.1) is 6.92 Å². The molecule has 0 atom stereocenters. The van der Waals surface area contributed by atoms with E-state index in [2.05, 4.69) is 33.8 Å². The van der Waals surface area contributed by atoms with Gasteiger partial charge in [0.15, 0.2) is 6.61 Å². The molecule has 0 radical (unpaired) electrons. The highest BCUT2D eigenvalue weighted by Crippen LogP contribution is 2.32. The zero-order chi connectivity index (χ0) is 22.6. The van der Waals surface area contributed by atoms with E-state index in [9.17, 15) is 9.59 Å². The Balaban J connectivity index is 1.60. The minimum Gasteiger partial charge on any atom is -0.483 e. The maximum Gasteiger partial charge on any atom is 0.260 e. The average molecular weight is 443 g/mol. The molecule has 0 unspecified atom stereocenters. The molecule has 0 N–H and O–H groups in total. The number of carbonyl (C=O) groups excluding carboxylic acids is 2. The second-order valence-electron chi connectivity index (χ2n) is 9.08. The lowest BCUT2D eigenvalue weighted by Crippen LogP contribution is -2.39. The van der Waals surface area contributed by atoms with E-state index < -0.39 is 0 Å². The van der Waals surface area contributed by atoms with Gasteiger partial charge in [0.2, 0.25) is 0 Å². The first kappa shape index (κ1) is 23.1. The van der Waals surface area contributed by atoms with E-state index in [0.29, 0.717) is 36.8 Å². The van der Waals surface area contributed by atoms with Gasteiger partial charge < -0.3 is 14.5 Å². The third-order valence-corrected chi connectivity index (χ3v) is 5.74. The van der Waals surface area contributed by atoms with Gasteiger partial charge in [0.1, 0.15) is 5.75 Å². The molecule has 0 aliphatic carbocycles. The highest BCUT2D eigenvalue weighted by Gasteiger charge is 2.24. The molecule has 0 spiro atoms. The molecule has 5 nitrogen and oxygen atoms in total. The number of halogens is 1. The molecule has 166 valence electrons. The zero-order valence-electron chi connectivity index (χ0n) is 18.8. The van der Waals surface area contributed by atoms with Gasteiger partial charge in [-0.15, -0.1) is 0 Å². The predicted octanol–water partition coefficient (Wildman–Crippen LogP) is 4.70. The number of benzene rings is 2. The van der Waals surface area contributed by atoms with Gasteiger partial charge >= 0.3 is 0 Å². The Kier molecular flexibility index (Phi) is 7.26. The Bertz CT molecular complexity index is 952. The van der Waals surface area contributed by atoms with Crippen molar-refractivity contribution in [2.45, 2.75) is 39.5 Å². The molecule has 31 heavy (non-hydrogen) atoms. The Morgan fingerprint density at radius 1 is 1.00 bits per heavy atom. The van der Waals surface area contributed by atoms with Gasteiger partial charge in [-0.3, -0.25) is 9.59 Å². The maximum absolute atomic E-state index is 12.8. The van der Waals surface area contributed by atoms with E-state index in [1.54, 1.807) is 34.1 Å². The van der Waals surface area contributed by atoms with Crippen LogP contribution in [0.2, 0.25) is 5.02 Å². The fraction of sp³-hybridized carbons (Fsp3) is 0.440. The van der Waals surface area contributed by atoms with Crippen LogP contribution in [0.1, 0.15) is 48.7 Å². The maximum atomic E-state index is 12.8. The minimum absolute atomic E-state index is 0.00557. The summed E-state index contributed by atoms with van der Waals surface area (Å²) < 4.78 is 5.94. The van der Waals surface area contributed by atoms with Crippen LogP contribution >= 0.6 is 11.6 Å². The monoisotopic (exact) mass is 442 g/mol. The Morgan fingerprint density at radius 2 is 1.71 bits per heavy atom. The summed E-state index contributed by atoms with van der Waals surface area (Å²) in [6, 6.07) is 13.0. The number of amides is 2. The van der Waals surface area contributed by atoms with Crippen molar-refractivity contribution in [3.63, 3.8) is 0 Å². The van der Waals surface area contributed by atoms with Crippen molar-refractivity contribution in [3.8, 4) is 5.75 Å². The normalized spacial score (nSPS) is 14.9. The van der Waals surface area contributed by atoms with Crippen molar-refractivity contribution in [2.75, 3.05) is 32.8 Å². The number of hydrogen-bond donors (Lipinski definition) is 0. The van der Waals surface area contributed by atoms with Crippen molar-refractivity contribution in [1.29, 1.82) is 0 Å². The van der Waals surface area contributed by atoms with Crippen LogP contribution in [0.5, 0.6) is 5.75 Å². The molecule has 2 aromatic rings. The van der Waals surface area contributed by atoms with Crippen LogP contribution in [0.3, 0.4) is 0 Å². The lowest BCUT2D eigenvalue weighted by Gasteiger charge is -2.25. The van der Waals surface area contributed by atoms with Gasteiger partial charge in [0.05, 0.1) is 0 Å². The van der Waals surface area contributed by atoms with Gasteiger partial charge in [0, 0.05) is 36.8 Å². The molecule has 2 amide bonds. The highest BCUT2D eigenvalue weighted by atomic mass is 35.5. The molecule has 1 fully saturated rings. The van der Waals surface area contributed by atoms with E-state index >= 15 is 0 Å². The number of ether oxygens (including phenoxy) is 1. The van der Waals surface area contributed by atoms with Crippen molar-refractivity contribution in [3.05, 3.63) is 64.2 Å². The number of aryl methyl sites for hydroxylation is 1. The van der Waals surface area contributed by atoms with Gasteiger partial charge in [-0.25, -0.2) is 0 Å². The van der Waals surface area contributed by atoms with E-state index in [-0.39, 0.29) is 23.8 Å². The summed E-state index contributed by atoms with van der Waals surface area (Å²) in [5.41, 5.74) is 2.76. The van der Waals surface area contributed by atoms with E-state index in [1.165, 1.54) is 5.56 Å². The SMILES string of the molecule is Cc1ccc(OCC(=O)N2CCCN(C(=O)c3cccc(Cl)c3)CC2)c(C(C)(C)C)c1. The molecule has 1 aliphatic rings. The predicted molar refractivity (Wildman–Crippen MR) is 124 cm³/mol. The first-order chi connectivity index (χ1) is 14.6. The van der Waals surface area contributed by atoms with Crippen LogP contribution in [-0.4, -0.2) is 54.4 Å². The molecule has 0 aromatic heterocycles. The standard InChI is InChI=1S/C25H31ClN2O3/c1-18-9-10-22(21(15-18)25(2,3)4)31-17-23(29)27-11-6-12-28(14-13-27)24(30)19-7-5-8-20(26)16-19/h5,7-10,15-16H,6,11-14,17H2,1-4H3. The van der Waals surface area contributed by atoms with E-state index in [1.807, 2.05) is 12.1 Å². The topological polar surface area (TPSA) is 49.9 Å². The van der Waals surface area contributed by atoms with Crippen molar-refractivity contribution >= 4 is 23.4 Å². The van der Waals surface area contributed by atoms with Crippen LogP contribution in [0.15, 0.2) is 42.5 Å². The summed E-state index contributed by atoms with van der Waals surface area (Å²) in [6.07, 6.45) is 0.732. The molecule has 3 rings (SSSR count).